The fraction of sp³-hybridized carbons (Fsp3) is 0.0556. The van der Waals surface area contributed by atoms with Gasteiger partial charge in [-0.2, -0.15) is 0 Å². The lowest BCUT2D eigenvalue weighted by Gasteiger charge is -2.22. The van der Waals surface area contributed by atoms with E-state index in [1.165, 1.54) is 0 Å². The van der Waals surface area contributed by atoms with E-state index >= 15 is 0 Å². The van der Waals surface area contributed by atoms with Crippen molar-refractivity contribution in [1.29, 1.82) is 0 Å². The van der Waals surface area contributed by atoms with Gasteiger partial charge < -0.3 is 4.90 Å². The third-order valence-corrected chi connectivity index (χ3v) is 3.35. The van der Waals surface area contributed by atoms with E-state index in [1.807, 2.05) is 36.5 Å². The molecule has 2 aromatic carbocycles. The fourth-order valence-electron chi connectivity index (χ4n) is 2.30. The van der Waals surface area contributed by atoms with Gasteiger partial charge in [0.2, 0.25) is 0 Å². The van der Waals surface area contributed by atoms with Gasteiger partial charge in [0.1, 0.15) is 0 Å². The van der Waals surface area contributed by atoms with Crippen LogP contribution in [0.3, 0.4) is 0 Å². The molecule has 2 nitrogen and oxygen atoms in total. The number of benzene rings is 2. The first-order chi connectivity index (χ1) is 9.86. The van der Waals surface area contributed by atoms with Crippen molar-refractivity contribution in [3.05, 3.63) is 79.0 Å². The Balaban J connectivity index is 2.07. The van der Waals surface area contributed by atoms with Crippen molar-refractivity contribution in [1.82, 2.24) is 4.98 Å². The van der Waals surface area contributed by atoms with Crippen LogP contribution in [-0.2, 0) is 0 Å². The predicted octanol–water partition coefficient (Wildman–Crippen LogP) is 4.52. The van der Waals surface area contributed by atoms with Crippen LogP contribution in [0.1, 0.15) is 0 Å². The predicted molar refractivity (Wildman–Crippen MR) is 84.2 cm³/mol. The van der Waals surface area contributed by atoms with Crippen molar-refractivity contribution < 1.29 is 0 Å². The van der Waals surface area contributed by atoms with Crippen LogP contribution in [0.25, 0.3) is 11.3 Å². The van der Waals surface area contributed by atoms with Crippen LogP contribution in [0.5, 0.6) is 0 Å². The molecule has 0 fully saturated rings. The molecule has 1 aromatic heterocycles. The van der Waals surface area contributed by atoms with Gasteiger partial charge >= 0.3 is 0 Å². The van der Waals surface area contributed by atoms with Crippen molar-refractivity contribution in [3.63, 3.8) is 0 Å². The SMILES string of the molecule is CN(c1ccccc1)c1ccccc1-c1ccccn1. The molecule has 0 saturated heterocycles. The Kier molecular flexibility index (Phi) is 3.46. The van der Waals surface area contributed by atoms with Crippen molar-refractivity contribution >= 4 is 11.4 Å². The molecule has 0 amide bonds. The minimum atomic E-state index is 0.992. The number of rotatable bonds is 3. The highest BCUT2D eigenvalue weighted by Crippen LogP contribution is 2.32. The summed E-state index contributed by atoms with van der Waals surface area (Å²) < 4.78 is 0. The summed E-state index contributed by atoms with van der Waals surface area (Å²) in [6.45, 7) is 0. The lowest BCUT2D eigenvalue weighted by atomic mass is 10.1. The molecule has 20 heavy (non-hydrogen) atoms. The number of anilines is 2. The summed E-state index contributed by atoms with van der Waals surface area (Å²) in [6, 6.07) is 24.7. The maximum absolute atomic E-state index is 4.46. The van der Waals surface area contributed by atoms with E-state index in [-0.39, 0.29) is 0 Å². The third kappa shape index (κ3) is 2.41. The molecule has 0 spiro atoms. The van der Waals surface area contributed by atoms with Crippen LogP contribution >= 0.6 is 0 Å². The molecule has 0 aliphatic rings. The number of nitrogens with zero attached hydrogens (tertiary/aromatic N) is 2. The zero-order valence-electron chi connectivity index (χ0n) is 11.4. The van der Waals surface area contributed by atoms with Gasteiger partial charge in [-0.25, -0.2) is 0 Å². The van der Waals surface area contributed by atoms with E-state index in [0.29, 0.717) is 0 Å². The molecular weight excluding hydrogens is 244 g/mol. The van der Waals surface area contributed by atoms with Crippen molar-refractivity contribution in [2.75, 3.05) is 11.9 Å². The second kappa shape index (κ2) is 5.57. The molecule has 0 aliphatic heterocycles. The molecule has 0 aliphatic carbocycles. The van der Waals surface area contributed by atoms with E-state index in [4.69, 9.17) is 0 Å². The minimum absolute atomic E-state index is 0.992. The average molecular weight is 260 g/mol. The van der Waals surface area contributed by atoms with Crippen molar-refractivity contribution in [2.24, 2.45) is 0 Å². The third-order valence-electron chi connectivity index (χ3n) is 3.35. The molecule has 0 saturated carbocycles. The summed E-state index contributed by atoms with van der Waals surface area (Å²) >= 11 is 0. The van der Waals surface area contributed by atoms with Crippen LogP contribution in [-0.4, -0.2) is 12.0 Å². The Bertz CT molecular complexity index is 678. The fourth-order valence-corrected chi connectivity index (χ4v) is 2.30. The van der Waals surface area contributed by atoms with Gasteiger partial charge in [-0.15, -0.1) is 0 Å². The number of hydrogen-bond acceptors (Lipinski definition) is 2. The van der Waals surface area contributed by atoms with Gasteiger partial charge in [0.05, 0.1) is 11.4 Å². The lowest BCUT2D eigenvalue weighted by Crippen LogP contribution is -2.10. The van der Waals surface area contributed by atoms with E-state index in [0.717, 1.165) is 22.6 Å². The van der Waals surface area contributed by atoms with Crippen LogP contribution in [0.15, 0.2) is 79.0 Å². The van der Waals surface area contributed by atoms with Crippen molar-refractivity contribution in [3.8, 4) is 11.3 Å². The number of pyridine rings is 1. The summed E-state index contributed by atoms with van der Waals surface area (Å²) in [6.07, 6.45) is 1.83. The number of aromatic nitrogens is 1. The molecule has 0 N–H and O–H groups in total. The lowest BCUT2D eigenvalue weighted by molar-refractivity contribution is 1.20. The molecule has 2 heteroatoms. The first-order valence-electron chi connectivity index (χ1n) is 6.65. The van der Waals surface area contributed by atoms with Gasteiger partial charge in [-0.05, 0) is 30.3 Å². The Morgan fingerprint density at radius 1 is 0.750 bits per heavy atom. The van der Waals surface area contributed by atoms with Gasteiger partial charge in [0, 0.05) is 24.5 Å². The van der Waals surface area contributed by atoms with E-state index in [9.17, 15) is 0 Å². The normalized spacial score (nSPS) is 10.2. The molecule has 0 unspecified atom stereocenters. The smallest absolute Gasteiger partial charge is 0.0722 e. The number of hydrogen-bond donors (Lipinski definition) is 0. The topological polar surface area (TPSA) is 16.1 Å². The van der Waals surface area contributed by atoms with Gasteiger partial charge in [0.25, 0.3) is 0 Å². The van der Waals surface area contributed by atoms with Gasteiger partial charge in [-0.3, -0.25) is 4.98 Å². The van der Waals surface area contributed by atoms with Crippen LogP contribution < -0.4 is 4.90 Å². The molecule has 0 radical (unpaired) electrons. The van der Waals surface area contributed by atoms with Gasteiger partial charge in [0.15, 0.2) is 0 Å². The largest absolute Gasteiger partial charge is 0.344 e. The summed E-state index contributed by atoms with van der Waals surface area (Å²) in [4.78, 5) is 6.64. The minimum Gasteiger partial charge on any atom is -0.344 e. The first-order valence-corrected chi connectivity index (χ1v) is 6.65. The highest BCUT2D eigenvalue weighted by atomic mass is 15.1. The van der Waals surface area contributed by atoms with Crippen LogP contribution in [0.2, 0.25) is 0 Å². The molecular formula is C18H16N2. The molecule has 98 valence electrons. The Morgan fingerprint density at radius 3 is 2.20 bits per heavy atom. The van der Waals surface area contributed by atoms with E-state index in [1.54, 1.807) is 0 Å². The average Bonchev–Trinajstić information content (AvgIpc) is 2.56. The highest BCUT2D eigenvalue weighted by Gasteiger charge is 2.10. The molecule has 1 heterocycles. The first kappa shape index (κ1) is 12.4. The van der Waals surface area contributed by atoms with E-state index < -0.39 is 0 Å². The van der Waals surface area contributed by atoms with Gasteiger partial charge in [-0.1, -0.05) is 42.5 Å². The second-order valence-corrected chi connectivity index (χ2v) is 4.63. The standard InChI is InChI=1S/C18H16N2/c1-20(15-9-3-2-4-10-15)18-13-6-5-11-16(18)17-12-7-8-14-19-17/h2-14H,1H3. The summed E-state index contributed by atoms with van der Waals surface area (Å²) in [7, 11) is 2.08. The monoisotopic (exact) mass is 260 g/mol. The number of para-hydroxylation sites is 2. The second-order valence-electron chi connectivity index (χ2n) is 4.63. The maximum atomic E-state index is 4.46. The summed E-state index contributed by atoms with van der Waals surface area (Å²) in [5, 5.41) is 0. The quantitative estimate of drug-likeness (QED) is 0.688. The van der Waals surface area contributed by atoms with E-state index in [2.05, 4.69) is 59.4 Å². The molecule has 3 aromatic rings. The van der Waals surface area contributed by atoms with Crippen molar-refractivity contribution in [2.45, 2.75) is 0 Å². The molecule has 3 rings (SSSR count). The van der Waals surface area contributed by atoms with Crippen LogP contribution in [0, 0.1) is 0 Å². The molecule has 0 bridgehead atoms. The zero-order valence-corrected chi connectivity index (χ0v) is 11.4. The summed E-state index contributed by atoms with van der Waals surface area (Å²) in [5.74, 6) is 0. The summed E-state index contributed by atoms with van der Waals surface area (Å²) in [5.41, 5.74) is 4.44. The Morgan fingerprint density at radius 2 is 1.45 bits per heavy atom. The Labute approximate surface area is 119 Å². The van der Waals surface area contributed by atoms with Crippen LogP contribution in [0.4, 0.5) is 11.4 Å². The molecule has 0 atom stereocenters. The zero-order chi connectivity index (χ0) is 13.8. The Hall–Kier alpha value is -2.61. The maximum Gasteiger partial charge on any atom is 0.0722 e. The highest BCUT2D eigenvalue weighted by molar-refractivity contribution is 5.80.